The normalized spacial score (nSPS) is 14.2. The minimum absolute atomic E-state index is 0.525. The van der Waals surface area contributed by atoms with Crippen molar-refractivity contribution in [2.75, 3.05) is 136 Å². The van der Waals surface area contributed by atoms with Crippen LogP contribution in [0.4, 0.5) is 75.1 Å². The Hall–Kier alpha value is -11.2. The summed E-state index contributed by atoms with van der Waals surface area (Å²) in [7, 11) is 14.8. The molecule has 1 fully saturated rings. The van der Waals surface area contributed by atoms with Crippen LogP contribution in [0.5, 0.6) is 0 Å². The Morgan fingerprint density at radius 2 is 0.856 bits per heavy atom. The lowest BCUT2D eigenvalue weighted by atomic mass is 10.0. The molecule has 0 spiro atoms. The standard InChI is InChI=1S/C27H32ClN7S.C24H29N7S.C24H28N6S.C19H16ClN5S/c1-17-23(11-18(14-29-17)8-10-35-9-4-5-21(16-35)34(2)3)32-27-30-15-19-12-25(36)31-24-13-20(28)6-7-22(24)26(19)33-27;1-15-6-7-18-20(12-15)27-22(32)13-17-14-25-24(29-23(17)18)28-19-8-9-21(26-16(19)2)31(5)11-10-30(3)4;1-15-7-8-19-21(10-15)27-22(31)12-18-14-26-24(29-23(18)19)28-20-11-17(13-25-16(20)2)6-5-9-30(3)4;1-10-5-6-21-11(2)17(10)24-19-22-9-12-7-16(26)23-15-8-13(20)3-4-14(15)18(12)25-19/h6-7,11,13-15,21H,4-5,8-10,12,16H2,1-3H3,(H,31,36)(H,30,32,33);6-9,12,14H,10-11,13H2,1-5H3,(H,27,32)(H,25,28,29);7-8,10-11,13-14H,5-6,9,12H2,1-4H3,(H,27,31)(H,26,28,29);3-6,8-9H,7H2,1-2H3,(H,23,26)(H,22,24,25). The van der Waals surface area contributed by atoms with Crippen molar-refractivity contribution in [1.82, 2.24) is 79.4 Å². The molecule has 25 nitrogen and oxygen atoms in total. The average Bonchev–Trinajstić information content (AvgIpc) is 1.72. The highest BCUT2D eigenvalue weighted by Gasteiger charge is 2.27. The van der Waals surface area contributed by atoms with E-state index >= 15 is 0 Å². The Bertz CT molecular complexity index is 6030. The van der Waals surface area contributed by atoms with Crippen LogP contribution < -0.4 is 47.4 Å². The van der Waals surface area contributed by atoms with Gasteiger partial charge in [0, 0.05) is 186 Å². The van der Waals surface area contributed by atoms with Crippen LogP contribution in [-0.2, 0) is 38.5 Å². The number of nitrogens with one attached hydrogen (secondary N) is 8. The first-order valence-electron chi connectivity index (χ1n) is 41.8. The number of benzene rings is 4. The van der Waals surface area contributed by atoms with Crippen LogP contribution in [0.25, 0.3) is 45.0 Å². The van der Waals surface area contributed by atoms with Gasteiger partial charge in [-0.1, -0.05) is 96.3 Å². The number of hydrogen-bond donors (Lipinski definition) is 8. The van der Waals surface area contributed by atoms with Gasteiger partial charge in [0.1, 0.15) is 5.82 Å². The molecular weight excluding hydrogens is 1680 g/mol. The van der Waals surface area contributed by atoms with Gasteiger partial charge in [0.2, 0.25) is 23.8 Å². The minimum atomic E-state index is 0.525. The van der Waals surface area contributed by atoms with Crippen molar-refractivity contribution in [3.05, 3.63) is 229 Å². The quantitative estimate of drug-likeness (QED) is 0.0330. The van der Waals surface area contributed by atoms with Crippen LogP contribution in [0.15, 0.2) is 147 Å². The number of nitrogens with zero attached hydrogens (tertiary/aromatic N) is 17. The van der Waals surface area contributed by atoms with Gasteiger partial charge in [0.15, 0.2) is 0 Å². The van der Waals surface area contributed by atoms with Gasteiger partial charge in [0.25, 0.3) is 0 Å². The molecule has 0 aliphatic carbocycles. The van der Waals surface area contributed by atoms with Crippen LogP contribution in [0.3, 0.4) is 0 Å². The first-order valence-corrected chi connectivity index (χ1v) is 44.2. The monoisotopic (exact) mass is 1780 g/mol. The highest BCUT2D eigenvalue weighted by atomic mass is 35.5. The molecule has 17 rings (SSSR count). The lowest BCUT2D eigenvalue weighted by Gasteiger charge is -2.36. The topological polar surface area (TPSA) is 267 Å². The Morgan fingerprint density at radius 3 is 1.30 bits per heavy atom. The summed E-state index contributed by atoms with van der Waals surface area (Å²) in [6.45, 7) is 20.4. The van der Waals surface area contributed by atoms with Gasteiger partial charge in [-0.2, -0.15) is 0 Å². The zero-order valence-corrected chi connectivity index (χ0v) is 77.8. The fraction of sp³-hybridized carbons (Fsp3) is 0.319. The largest absolute Gasteiger partial charge is 0.358 e. The van der Waals surface area contributed by atoms with E-state index in [4.69, 9.17) is 97.0 Å². The van der Waals surface area contributed by atoms with Crippen molar-refractivity contribution in [3.63, 3.8) is 0 Å². The number of fused-ring (bicyclic) bond motifs is 12. The number of aryl methyl sites for hydroxylation is 8. The van der Waals surface area contributed by atoms with Gasteiger partial charge < -0.3 is 67.0 Å². The fourth-order valence-corrected chi connectivity index (χ4v) is 16.7. The first-order chi connectivity index (χ1) is 60.0. The van der Waals surface area contributed by atoms with E-state index in [1.807, 2.05) is 126 Å². The van der Waals surface area contributed by atoms with Crippen LogP contribution >= 0.6 is 72.1 Å². The molecule has 644 valence electrons. The fourth-order valence-electron chi connectivity index (χ4n) is 15.3. The van der Waals surface area contributed by atoms with Gasteiger partial charge in [-0.25, -0.2) is 44.9 Å². The van der Waals surface area contributed by atoms with Crippen molar-refractivity contribution in [3.8, 4) is 45.0 Å². The molecule has 4 aromatic carbocycles. The average molecular weight is 1780 g/mol. The Morgan fingerprint density at radius 1 is 0.424 bits per heavy atom. The van der Waals surface area contributed by atoms with Crippen molar-refractivity contribution < 1.29 is 0 Å². The van der Waals surface area contributed by atoms with E-state index in [-0.39, 0.29) is 0 Å². The molecule has 1 atom stereocenters. The van der Waals surface area contributed by atoms with Crippen molar-refractivity contribution in [2.45, 2.75) is 112 Å². The molecule has 1 saturated heterocycles. The highest BCUT2D eigenvalue weighted by Crippen LogP contribution is 2.41. The van der Waals surface area contributed by atoms with E-state index in [2.05, 4.69) is 214 Å². The number of aromatic nitrogens is 12. The number of thiocarbonyl (C=S) groups is 4. The van der Waals surface area contributed by atoms with Crippen LogP contribution in [-0.4, -0.2) is 194 Å². The van der Waals surface area contributed by atoms with Crippen LogP contribution in [0, 0.1) is 48.5 Å². The summed E-state index contributed by atoms with van der Waals surface area (Å²) in [4.78, 5) is 70.3. The van der Waals surface area contributed by atoms with Crippen molar-refractivity contribution >= 4 is 167 Å². The van der Waals surface area contributed by atoms with Crippen LogP contribution in [0.2, 0.25) is 10.0 Å². The maximum absolute atomic E-state index is 6.23. The van der Waals surface area contributed by atoms with E-state index in [1.165, 1.54) is 41.6 Å². The third-order valence-electron chi connectivity index (χ3n) is 22.2. The third-order valence-corrected chi connectivity index (χ3v) is 23.7. The molecule has 5 aliphatic heterocycles. The summed E-state index contributed by atoms with van der Waals surface area (Å²) in [6.07, 6.45) is 21.1. The number of pyridine rings is 4. The molecule has 8 N–H and O–H groups in total. The van der Waals surface area contributed by atoms with Gasteiger partial charge in [-0.15, -0.1) is 0 Å². The zero-order chi connectivity index (χ0) is 88.3. The molecular formula is C94H105Cl2N25S4. The van der Waals surface area contributed by atoms with Gasteiger partial charge >= 0.3 is 0 Å². The van der Waals surface area contributed by atoms with E-state index < -0.39 is 0 Å². The molecule has 0 radical (unpaired) electrons. The number of halogens is 2. The maximum Gasteiger partial charge on any atom is 0.227 e. The van der Waals surface area contributed by atoms with Gasteiger partial charge in [0.05, 0.1) is 88.3 Å². The molecule has 0 bridgehead atoms. The maximum atomic E-state index is 6.23. The third kappa shape index (κ3) is 23.3. The summed E-state index contributed by atoms with van der Waals surface area (Å²) in [5.74, 6) is 3.11. The number of likely N-dealkylation sites (tertiary alicyclic amines) is 1. The predicted molar refractivity (Wildman–Crippen MR) is 528 cm³/mol. The molecule has 0 saturated carbocycles. The summed E-state index contributed by atoms with van der Waals surface area (Å²) < 4.78 is 0. The van der Waals surface area contributed by atoms with E-state index in [0.717, 1.165) is 219 Å². The number of likely N-dealkylation sites (N-methyl/N-ethyl adjacent to an activating group) is 3. The van der Waals surface area contributed by atoms with Gasteiger partial charge in [-0.05, 0) is 243 Å². The predicted octanol–water partition coefficient (Wildman–Crippen LogP) is 18.8. The van der Waals surface area contributed by atoms with Crippen molar-refractivity contribution in [2.24, 2.45) is 0 Å². The Labute approximate surface area is 763 Å². The molecule has 31 heteroatoms. The number of piperidine rings is 1. The summed E-state index contributed by atoms with van der Waals surface area (Å²) >= 11 is 34.3. The van der Waals surface area contributed by atoms with E-state index in [0.29, 0.717) is 65.6 Å². The molecule has 13 heterocycles. The number of hydrogen-bond acceptors (Lipinski definition) is 25. The summed E-state index contributed by atoms with van der Waals surface area (Å²) in [5.41, 5.74) is 28.4. The lowest BCUT2D eigenvalue weighted by Crippen LogP contribution is -2.45. The molecule has 125 heavy (non-hydrogen) atoms. The lowest BCUT2D eigenvalue weighted by molar-refractivity contribution is 0.134. The second-order valence-corrected chi connectivity index (χ2v) is 35.8. The molecule has 1 unspecified atom stereocenters. The van der Waals surface area contributed by atoms with E-state index in [1.54, 1.807) is 6.20 Å². The molecule has 5 aliphatic rings. The second-order valence-electron chi connectivity index (χ2n) is 32.9. The molecule has 8 aromatic heterocycles. The van der Waals surface area contributed by atoms with Gasteiger partial charge in [-0.3, -0.25) is 15.0 Å². The van der Waals surface area contributed by atoms with Crippen molar-refractivity contribution in [1.29, 1.82) is 0 Å². The molecule has 0 amide bonds. The van der Waals surface area contributed by atoms with Crippen LogP contribution in [0.1, 0.15) is 92.1 Å². The highest BCUT2D eigenvalue weighted by molar-refractivity contribution is 7.81. The number of rotatable bonds is 20. The second kappa shape index (κ2) is 40.8. The Kier molecular flexibility index (Phi) is 29.4. The summed E-state index contributed by atoms with van der Waals surface area (Å²) in [5, 5.41) is 28.0. The Balaban J connectivity index is 0.000000136. The first kappa shape index (κ1) is 90.0. The number of anilines is 13. The SMILES string of the molecule is Cc1ccc2c(c1)NC(=S)Cc1cnc(Nc3cc(CCCN(C)C)cnc3C)nc1-2.Cc1ccc2c(c1)NC(=S)Cc1cnc(Nc3ccc(N(C)CCN(C)C)nc3C)nc1-2.Cc1ccnc(C)c1Nc1ncc2c(n1)-c1ccc(Cl)cc1NC(=S)C2.Cc1ncc(CCN2CCCC(N(C)C)C2)cc1Nc1ncc2c(n1)-c1ccc(Cl)cc1NC(=S)C2. The minimum Gasteiger partial charge on any atom is -0.358 e. The summed E-state index contributed by atoms with van der Waals surface area (Å²) in [6, 6.07) is 35.0. The van der Waals surface area contributed by atoms with E-state index in [9.17, 15) is 0 Å². The molecule has 12 aromatic rings. The smallest absolute Gasteiger partial charge is 0.227 e. The zero-order valence-electron chi connectivity index (χ0n) is 73.0.